The molecule has 0 radical (unpaired) electrons. The molecule has 0 spiro atoms. The summed E-state index contributed by atoms with van der Waals surface area (Å²) in [5, 5.41) is 12.1. The summed E-state index contributed by atoms with van der Waals surface area (Å²) in [7, 11) is 3.69. The van der Waals surface area contributed by atoms with Gasteiger partial charge >= 0.3 is 0 Å². The maximum atomic E-state index is 13.8. The standard InChI is InChI=1S/C20H22FN3O3/c1-23(2)18(13-7-4-3-5-8-13)20(27)24-11-14(12-24)22-19(26)15-9-6-10-16(25)17(15)21/h3-10,14,18,25H,11-12H2,1-2H3,(H,22,26). The SMILES string of the molecule is CN(C)C(C(=O)N1CC(NC(=O)c2cccc(O)c2F)C1)c1ccccc1. The summed E-state index contributed by atoms with van der Waals surface area (Å²) in [5.74, 6) is -2.16. The summed E-state index contributed by atoms with van der Waals surface area (Å²) < 4.78 is 13.8. The minimum absolute atomic E-state index is 0.0414. The summed E-state index contributed by atoms with van der Waals surface area (Å²) in [6.45, 7) is 0.727. The van der Waals surface area contributed by atoms with E-state index in [9.17, 15) is 19.1 Å². The van der Waals surface area contributed by atoms with Gasteiger partial charge in [0.05, 0.1) is 11.6 Å². The molecule has 7 heteroatoms. The lowest BCUT2D eigenvalue weighted by Crippen LogP contribution is -2.62. The number of carbonyl (C=O) groups is 2. The number of amides is 2. The number of phenols is 1. The number of benzene rings is 2. The van der Waals surface area contributed by atoms with Crippen molar-refractivity contribution in [3.8, 4) is 5.75 Å². The van der Waals surface area contributed by atoms with Crippen LogP contribution in [0.5, 0.6) is 5.75 Å². The molecular formula is C20H22FN3O3. The number of rotatable bonds is 5. The second kappa shape index (κ2) is 7.75. The molecular weight excluding hydrogens is 349 g/mol. The van der Waals surface area contributed by atoms with Crippen LogP contribution >= 0.6 is 0 Å². The van der Waals surface area contributed by atoms with Crippen LogP contribution in [-0.4, -0.2) is 59.9 Å². The maximum absolute atomic E-state index is 13.8. The van der Waals surface area contributed by atoms with Crippen molar-refractivity contribution in [2.75, 3.05) is 27.2 Å². The maximum Gasteiger partial charge on any atom is 0.254 e. The molecule has 2 amide bonds. The Morgan fingerprint density at radius 1 is 1.15 bits per heavy atom. The summed E-state index contributed by atoms with van der Waals surface area (Å²) in [6, 6.07) is 12.8. The van der Waals surface area contributed by atoms with Crippen LogP contribution in [0.1, 0.15) is 22.0 Å². The van der Waals surface area contributed by atoms with Gasteiger partial charge in [0.25, 0.3) is 5.91 Å². The van der Waals surface area contributed by atoms with E-state index in [1.807, 2.05) is 49.3 Å². The van der Waals surface area contributed by atoms with Crippen molar-refractivity contribution in [3.05, 3.63) is 65.5 Å². The number of hydrogen-bond acceptors (Lipinski definition) is 4. The Balaban J connectivity index is 1.61. The monoisotopic (exact) mass is 371 g/mol. The normalized spacial score (nSPS) is 15.3. The highest BCUT2D eigenvalue weighted by atomic mass is 19.1. The Morgan fingerprint density at radius 2 is 1.81 bits per heavy atom. The molecule has 1 fully saturated rings. The molecule has 1 aliphatic heterocycles. The second-order valence-electron chi connectivity index (χ2n) is 6.83. The van der Waals surface area contributed by atoms with Crippen LogP contribution in [0, 0.1) is 5.82 Å². The van der Waals surface area contributed by atoms with Crippen LogP contribution in [0.15, 0.2) is 48.5 Å². The molecule has 0 aromatic heterocycles. The fourth-order valence-corrected chi connectivity index (χ4v) is 3.18. The molecule has 1 unspecified atom stereocenters. The van der Waals surface area contributed by atoms with Crippen LogP contribution in [-0.2, 0) is 4.79 Å². The molecule has 3 rings (SSSR count). The summed E-state index contributed by atoms with van der Waals surface area (Å²) in [6.07, 6.45) is 0. The van der Waals surface area contributed by atoms with Gasteiger partial charge < -0.3 is 15.3 Å². The van der Waals surface area contributed by atoms with E-state index in [-0.39, 0.29) is 17.5 Å². The molecule has 2 N–H and O–H groups in total. The number of likely N-dealkylation sites (tertiary alicyclic amines) is 1. The fraction of sp³-hybridized carbons (Fsp3) is 0.300. The number of nitrogens with zero attached hydrogens (tertiary/aromatic N) is 2. The molecule has 142 valence electrons. The van der Waals surface area contributed by atoms with E-state index in [1.165, 1.54) is 18.2 Å². The van der Waals surface area contributed by atoms with Gasteiger partial charge in [-0.25, -0.2) is 4.39 Å². The third-order valence-electron chi connectivity index (χ3n) is 4.62. The molecule has 1 saturated heterocycles. The van der Waals surface area contributed by atoms with Crippen molar-refractivity contribution in [1.82, 2.24) is 15.1 Å². The quantitative estimate of drug-likeness (QED) is 0.840. The first kappa shape index (κ1) is 18.8. The fourth-order valence-electron chi connectivity index (χ4n) is 3.18. The predicted molar refractivity (Wildman–Crippen MR) is 98.8 cm³/mol. The van der Waals surface area contributed by atoms with Crippen molar-refractivity contribution < 1.29 is 19.1 Å². The third-order valence-corrected chi connectivity index (χ3v) is 4.62. The minimum Gasteiger partial charge on any atom is -0.505 e. The molecule has 2 aromatic rings. The van der Waals surface area contributed by atoms with Gasteiger partial charge in [-0.2, -0.15) is 0 Å². The van der Waals surface area contributed by atoms with E-state index in [0.29, 0.717) is 13.1 Å². The van der Waals surface area contributed by atoms with E-state index in [1.54, 1.807) is 4.90 Å². The van der Waals surface area contributed by atoms with Gasteiger partial charge in [0.2, 0.25) is 5.91 Å². The number of nitrogens with one attached hydrogen (secondary N) is 1. The highest BCUT2D eigenvalue weighted by molar-refractivity contribution is 5.95. The lowest BCUT2D eigenvalue weighted by Gasteiger charge is -2.42. The van der Waals surface area contributed by atoms with Crippen molar-refractivity contribution in [2.24, 2.45) is 0 Å². The Labute approximate surface area is 157 Å². The van der Waals surface area contributed by atoms with Crippen LogP contribution in [0.25, 0.3) is 0 Å². The largest absolute Gasteiger partial charge is 0.505 e. The average molecular weight is 371 g/mol. The van der Waals surface area contributed by atoms with Crippen LogP contribution in [0.2, 0.25) is 0 Å². The van der Waals surface area contributed by atoms with E-state index in [2.05, 4.69) is 5.32 Å². The lowest BCUT2D eigenvalue weighted by molar-refractivity contribution is -0.141. The minimum atomic E-state index is -0.945. The molecule has 0 aliphatic carbocycles. The highest BCUT2D eigenvalue weighted by Crippen LogP contribution is 2.24. The Hall–Kier alpha value is -2.93. The first-order valence-corrected chi connectivity index (χ1v) is 8.67. The highest BCUT2D eigenvalue weighted by Gasteiger charge is 2.37. The van der Waals surface area contributed by atoms with E-state index in [4.69, 9.17) is 0 Å². The number of aromatic hydroxyl groups is 1. The van der Waals surface area contributed by atoms with E-state index >= 15 is 0 Å². The van der Waals surface area contributed by atoms with E-state index in [0.717, 1.165) is 5.56 Å². The van der Waals surface area contributed by atoms with Gasteiger partial charge in [-0.3, -0.25) is 14.5 Å². The third kappa shape index (κ3) is 3.93. The van der Waals surface area contributed by atoms with Crippen molar-refractivity contribution >= 4 is 11.8 Å². The zero-order valence-electron chi connectivity index (χ0n) is 15.2. The molecule has 0 saturated carbocycles. The molecule has 1 heterocycles. The number of carbonyl (C=O) groups excluding carboxylic acids is 2. The van der Waals surface area contributed by atoms with E-state index < -0.39 is 23.5 Å². The average Bonchev–Trinajstić information content (AvgIpc) is 2.60. The molecule has 2 aromatic carbocycles. The predicted octanol–water partition coefficient (Wildman–Crippen LogP) is 1.77. The van der Waals surface area contributed by atoms with Crippen LogP contribution in [0.3, 0.4) is 0 Å². The smallest absolute Gasteiger partial charge is 0.254 e. The van der Waals surface area contributed by atoms with Gasteiger partial charge in [0, 0.05) is 13.1 Å². The Morgan fingerprint density at radius 3 is 2.44 bits per heavy atom. The molecule has 6 nitrogen and oxygen atoms in total. The van der Waals surface area contributed by atoms with Crippen molar-refractivity contribution in [3.63, 3.8) is 0 Å². The molecule has 1 aliphatic rings. The zero-order valence-corrected chi connectivity index (χ0v) is 15.2. The first-order chi connectivity index (χ1) is 12.9. The number of hydrogen-bond donors (Lipinski definition) is 2. The summed E-state index contributed by atoms with van der Waals surface area (Å²) >= 11 is 0. The molecule has 1 atom stereocenters. The van der Waals surface area contributed by atoms with Gasteiger partial charge in [0.15, 0.2) is 11.6 Å². The first-order valence-electron chi connectivity index (χ1n) is 8.67. The Bertz CT molecular complexity index is 836. The lowest BCUT2D eigenvalue weighted by atomic mass is 10.0. The second-order valence-corrected chi connectivity index (χ2v) is 6.83. The van der Waals surface area contributed by atoms with Gasteiger partial charge in [-0.15, -0.1) is 0 Å². The molecule has 0 bridgehead atoms. The van der Waals surface area contributed by atoms with Gasteiger partial charge in [0.1, 0.15) is 6.04 Å². The summed E-state index contributed by atoms with van der Waals surface area (Å²) in [5.41, 5.74) is 0.692. The van der Waals surface area contributed by atoms with Crippen LogP contribution in [0.4, 0.5) is 4.39 Å². The summed E-state index contributed by atoms with van der Waals surface area (Å²) in [4.78, 5) is 28.6. The number of halogens is 1. The topological polar surface area (TPSA) is 72.9 Å². The zero-order chi connectivity index (χ0) is 19.6. The number of likely N-dealkylation sites (N-methyl/N-ethyl adjacent to an activating group) is 1. The number of phenolic OH excluding ortho intramolecular Hbond substituents is 1. The Kier molecular flexibility index (Phi) is 5.41. The van der Waals surface area contributed by atoms with Crippen LogP contribution < -0.4 is 5.32 Å². The van der Waals surface area contributed by atoms with Gasteiger partial charge in [-0.05, 0) is 31.8 Å². The van der Waals surface area contributed by atoms with Crippen molar-refractivity contribution in [2.45, 2.75) is 12.1 Å². The van der Waals surface area contributed by atoms with Crippen molar-refractivity contribution in [1.29, 1.82) is 0 Å². The molecule has 27 heavy (non-hydrogen) atoms. The van der Waals surface area contributed by atoms with Gasteiger partial charge in [-0.1, -0.05) is 36.4 Å².